The maximum absolute atomic E-state index is 10.5. The van der Waals surface area contributed by atoms with Crippen LogP contribution in [0.25, 0.3) is 11.3 Å². The Labute approximate surface area is 93.9 Å². The van der Waals surface area contributed by atoms with Crippen LogP contribution in [-0.4, -0.2) is 21.1 Å². The first-order valence-corrected chi connectivity index (χ1v) is 5.16. The van der Waals surface area contributed by atoms with E-state index < -0.39 is 0 Å². The van der Waals surface area contributed by atoms with E-state index in [1.165, 1.54) is 0 Å². The van der Waals surface area contributed by atoms with Crippen LogP contribution in [0.1, 0.15) is 30.2 Å². The summed E-state index contributed by atoms with van der Waals surface area (Å²) in [6.45, 7) is 4.14. The third-order valence-corrected chi connectivity index (χ3v) is 2.35. The van der Waals surface area contributed by atoms with Crippen LogP contribution < -0.4 is 0 Å². The molecule has 0 aliphatic heterocycles. The van der Waals surface area contributed by atoms with Crippen LogP contribution in [0.3, 0.4) is 0 Å². The second-order valence-electron chi connectivity index (χ2n) is 3.90. The average molecular weight is 215 g/mol. The third-order valence-electron chi connectivity index (χ3n) is 2.35. The molecule has 0 fully saturated rings. The zero-order chi connectivity index (χ0) is 11.5. The average Bonchev–Trinajstić information content (AvgIpc) is 2.78. The first-order valence-electron chi connectivity index (χ1n) is 5.16. The Bertz CT molecular complexity index is 485. The van der Waals surface area contributed by atoms with Crippen molar-refractivity contribution >= 4 is 6.29 Å². The molecule has 16 heavy (non-hydrogen) atoms. The molecule has 0 aliphatic rings. The maximum atomic E-state index is 10.5. The monoisotopic (exact) mass is 215 g/mol. The summed E-state index contributed by atoms with van der Waals surface area (Å²) in [6, 6.07) is 3.91. The van der Waals surface area contributed by atoms with Gasteiger partial charge in [-0.15, -0.1) is 0 Å². The Morgan fingerprint density at radius 1 is 1.31 bits per heavy atom. The highest BCUT2D eigenvalue weighted by Crippen LogP contribution is 2.17. The van der Waals surface area contributed by atoms with Gasteiger partial charge in [0.05, 0.1) is 11.9 Å². The molecule has 0 N–H and O–H groups in total. The van der Waals surface area contributed by atoms with Gasteiger partial charge in [-0.2, -0.15) is 5.10 Å². The topological polar surface area (TPSA) is 47.8 Å². The van der Waals surface area contributed by atoms with Crippen LogP contribution in [0.15, 0.2) is 30.7 Å². The number of hydrogen-bond donors (Lipinski definition) is 0. The molecule has 0 atom stereocenters. The minimum absolute atomic E-state index is 0.336. The second kappa shape index (κ2) is 4.26. The molecule has 0 bridgehead atoms. The van der Waals surface area contributed by atoms with E-state index in [1.807, 2.05) is 16.9 Å². The first-order chi connectivity index (χ1) is 7.70. The van der Waals surface area contributed by atoms with Crippen molar-refractivity contribution < 1.29 is 4.79 Å². The SMILES string of the molecule is CC(C)n1cc(-c2ccc(C=O)cn2)cn1. The predicted octanol–water partition coefficient (Wildman–Crippen LogP) is 2.34. The molecule has 2 heterocycles. The van der Waals surface area contributed by atoms with E-state index in [9.17, 15) is 4.79 Å². The summed E-state index contributed by atoms with van der Waals surface area (Å²) < 4.78 is 1.88. The van der Waals surface area contributed by atoms with Gasteiger partial charge in [0.15, 0.2) is 6.29 Å². The van der Waals surface area contributed by atoms with E-state index in [4.69, 9.17) is 0 Å². The van der Waals surface area contributed by atoms with Gasteiger partial charge in [-0.1, -0.05) is 0 Å². The fraction of sp³-hybridized carbons (Fsp3) is 0.250. The lowest BCUT2D eigenvalue weighted by Crippen LogP contribution is -1.99. The number of hydrogen-bond acceptors (Lipinski definition) is 3. The van der Waals surface area contributed by atoms with E-state index in [2.05, 4.69) is 23.9 Å². The standard InChI is InChI=1S/C12H13N3O/c1-9(2)15-7-11(6-14-15)12-4-3-10(8-16)5-13-12/h3-9H,1-2H3. The van der Waals surface area contributed by atoms with Crippen molar-refractivity contribution in [1.29, 1.82) is 0 Å². The van der Waals surface area contributed by atoms with Crippen LogP contribution in [0, 0.1) is 0 Å². The van der Waals surface area contributed by atoms with Gasteiger partial charge in [0.25, 0.3) is 0 Å². The van der Waals surface area contributed by atoms with Gasteiger partial charge in [0, 0.05) is 29.6 Å². The minimum Gasteiger partial charge on any atom is -0.298 e. The lowest BCUT2D eigenvalue weighted by atomic mass is 10.2. The molecule has 4 heteroatoms. The summed E-state index contributed by atoms with van der Waals surface area (Å²) in [7, 11) is 0. The van der Waals surface area contributed by atoms with Crippen molar-refractivity contribution in [3.63, 3.8) is 0 Å². The molecule has 0 spiro atoms. The van der Waals surface area contributed by atoms with Gasteiger partial charge in [0.1, 0.15) is 0 Å². The van der Waals surface area contributed by atoms with E-state index in [0.29, 0.717) is 11.6 Å². The third kappa shape index (κ3) is 2.00. The van der Waals surface area contributed by atoms with Crippen LogP contribution in [0.4, 0.5) is 0 Å². The second-order valence-corrected chi connectivity index (χ2v) is 3.90. The van der Waals surface area contributed by atoms with E-state index in [0.717, 1.165) is 17.5 Å². The van der Waals surface area contributed by atoms with E-state index >= 15 is 0 Å². The summed E-state index contributed by atoms with van der Waals surface area (Å²) in [5.74, 6) is 0. The van der Waals surface area contributed by atoms with Crippen molar-refractivity contribution in [3.05, 3.63) is 36.3 Å². The molecule has 0 aromatic carbocycles. The molecule has 0 amide bonds. The first kappa shape index (κ1) is 10.5. The Morgan fingerprint density at radius 3 is 2.62 bits per heavy atom. The van der Waals surface area contributed by atoms with Gasteiger partial charge in [0.2, 0.25) is 0 Å². The molecule has 2 rings (SSSR count). The summed E-state index contributed by atoms with van der Waals surface area (Å²) >= 11 is 0. The summed E-state index contributed by atoms with van der Waals surface area (Å²) in [6.07, 6.45) is 6.08. The number of aldehydes is 1. The Balaban J connectivity index is 2.31. The molecular weight excluding hydrogens is 202 g/mol. The van der Waals surface area contributed by atoms with Gasteiger partial charge in [-0.25, -0.2) is 0 Å². The maximum Gasteiger partial charge on any atom is 0.151 e. The zero-order valence-electron chi connectivity index (χ0n) is 9.29. The number of carbonyl (C=O) groups excluding carboxylic acids is 1. The number of aromatic nitrogens is 3. The fourth-order valence-corrected chi connectivity index (χ4v) is 1.40. The van der Waals surface area contributed by atoms with Crippen LogP contribution in [-0.2, 0) is 0 Å². The quantitative estimate of drug-likeness (QED) is 0.738. The van der Waals surface area contributed by atoms with Crippen molar-refractivity contribution in [1.82, 2.24) is 14.8 Å². The summed E-state index contributed by atoms with van der Waals surface area (Å²) in [5.41, 5.74) is 2.38. The molecule has 82 valence electrons. The molecule has 0 radical (unpaired) electrons. The van der Waals surface area contributed by atoms with Gasteiger partial charge in [-0.3, -0.25) is 14.5 Å². The van der Waals surface area contributed by atoms with Crippen molar-refractivity contribution in [3.8, 4) is 11.3 Å². The highest BCUT2D eigenvalue weighted by atomic mass is 16.1. The molecule has 2 aromatic rings. The molecule has 4 nitrogen and oxygen atoms in total. The molecular formula is C12H13N3O. The number of rotatable bonds is 3. The zero-order valence-corrected chi connectivity index (χ0v) is 9.29. The van der Waals surface area contributed by atoms with E-state index in [-0.39, 0.29) is 0 Å². The fourth-order valence-electron chi connectivity index (χ4n) is 1.40. The van der Waals surface area contributed by atoms with Gasteiger partial charge in [-0.05, 0) is 26.0 Å². The summed E-state index contributed by atoms with van der Waals surface area (Å²) in [4.78, 5) is 14.7. The Morgan fingerprint density at radius 2 is 2.12 bits per heavy atom. The van der Waals surface area contributed by atoms with Gasteiger partial charge >= 0.3 is 0 Å². The number of nitrogens with zero attached hydrogens (tertiary/aromatic N) is 3. The van der Waals surface area contributed by atoms with Crippen molar-refractivity contribution in [2.24, 2.45) is 0 Å². The molecule has 0 aliphatic carbocycles. The minimum atomic E-state index is 0.336. The Kier molecular flexibility index (Phi) is 2.81. The highest BCUT2D eigenvalue weighted by molar-refractivity contribution is 5.75. The van der Waals surface area contributed by atoms with E-state index in [1.54, 1.807) is 18.5 Å². The summed E-state index contributed by atoms with van der Waals surface area (Å²) in [5, 5.41) is 4.24. The number of carbonyl (C=O) groups is 1. The molecule has 0 unspecified atom stereocenters. The Hall–Kier alpha value is -1.97. The molecule has 0 saturated heterocycles. The highest BCUT2D eigenvalue weighted by Gasteiger charge is 2.04. The number of pyridine rings is 1. The molecule has 0 saturated carbocycles. The largest absolute Gasteiger partial charge is 0.298 e. The smallest absolute Gasteiger partial charge is 0.151 e. The normalized spacial score (nSPS) is 10.7. The lowest BCUT2D eigenvalue weighted by molar-refractivity contribution is 0.112. The van der Waals surface area contributed by atoms with Gasteiger partial charge < -0.3 is 0 Å². The predicted molar refractivity (Wildman–Crippen MR) is 61.2 cm³/mol. The van der Waals surface area contributed by atoms with Crippen LogP contribution in [0.5, 0.6) is 0 Å². The van der Waals surface area contributed by atoms with Crippen LogP contribution in [0.2, 0.25) is 0 Å². The van der Waals surface area contributed by atoms with Crippen molar-refractivity contribution in [2.75, 3.05) is 0 Å². The van der Waals surface area contributed by atoms with Crippen LogP contribution >= 0.6 is 0 Å². The lowest BCUT2D eigenvalue weighted by Gasteiger charge is -2.02. The molecule has 2 aromatic heterocycles. The van der Waals surface area contributed by atoms with Crippen molar-refractivity contribution in [2.45, 2.75) is 19.9 Å².